The minimum absolute atomic E-state index is 0.0779. The van der Waals surface area contributed by atoms with E-state index >= 15 is 0 Å². The number of carbonyl (C=O) groups excluding carboxylic acids is 3. The van der Waals surface area contributed by atoms with Crippen molar-refractivity contribution in [2.24, 2.45) is 0 Å². The van der Waals surface area contributed by atoms with Crippen LogP contribution in [0, 0.1) is 0 Å². The van der Waals surface area contributed by atoms with Crippen molar-refractivity contribution in [3.8, 4) is 0 Å². The predicted octanol–water partition coefficient (Wildman–Crippen LogP) is 23.5. The highest BCUT2D eigenvalue weighted by Crippen LogP contribution is 2.18. The third kappa shape index (κ3) is 63.9. The Morgan fingerprint density at radius 3 is 0.795 bits per heavy atom. The van der Waals surface area contributed by atoms with Crippen molar-refractivity contribution in [3.63, 3.8) is 0 Å². The SMILES string of the molecule is CC/C=C\C/C=C\C/C=C\C/C=C\CCCCCCCCC(=O)OC(COC(=O)CCCCCCCCC/C=C\CCCCCCCCC)COC(=O)CCCCCCCCCCCCCCCCCCCCCCCCC. The average Bonchev–Trinajstić information content (AvgIpc) is 3.44. The van der Waals surface area contributed by atoms with E-state index < -0.39 is 6.10 Å². The van der Waals surface area contributed by atoms with Gasteiger partial charge in [0.05, 0.1) is 0 Å². The largest absolute Gasteiger partial charge is 0.462 e. The molecule has 0 bridgehead atoms. The molecule has 0 radical (unpaired) electrons. The van der Waals surface area contributed by atoms with Gasteiger partial charge in [-0.3, -0.25) is 14.4 Å². The van der Waals surface area contributed by atoms with Gasteiger partial charge in [0.2, 0.25) is 0 Å². The summed E-state index contributed by atoms with van der Waals surface area (Å²) in [4.78, 5) is 38.4. The van der Waals surface area contributed by atoms with Crippen molar-refractivity contribution in [2.45, 2.75) is 367 Å². The standard InChI is InChI=1S/C72H130O6/c1-4-7-10-13-16-19-22-25-28-31-34-35-36-37-39-41-44-47-50-53-56-59-62-65-71(74)77-68-69(67-76-70(73)64-61-58-55-52-49-46-43-40-33-30-27-24-21-18-15-12-9-6-3)78-72(75)66-63-60-57-54-51-48-45-42-38-32-29-26-23-20-17-14-11-8-5-2/h8,11,17,20,26,29-30,33,38,42,69H,4-7,9-10,12-16,18-19,21-25,27-28,31-32,34-37,39-41,43-68H2,1-3H3/b11-8-,20-17-,29-26-,33-30-,42-38-. The van der Waals surface area contributed by atoms with Crippen LogP contribution in [0.15, 0.2) is 60.8 Å². The first-order valence-electron chi connectivity index (χ1n) is 34.3. The zero-order chi connectivity index (χ0) is 56.4. The van der Waals surface area contributed by atoms with E-state index in [0.29, 0.717) is 19.3 Å². The van der Waals surface area contributed by atoms with E-state index in [-0.39, 0.29) is 31.1 Å². The highest BCUT2D eigenvalue weighted by atomic mass is 16.6. The monoisotopic (exact) mass is 1090 g/mol. The normalized spacial score (nSPS) is 12.4. The van der Waals surface area contributed by atoms with Crippen molar-refractivity contribution >= 4 is 17.9 Å². The first-order valence-corrected chi connectivity index (χ1v) is 34.3. The van der Waals surface area contributed by atoms with Crippen molar-refractivity contribution in [2.75, 3.05) is 13.2 Å². The van der Waals surface area contributed by atoms with E-state index in [9.17, 15) is 14.4 Å². The summed E-state index contributed by atoms with van der Waals surface area (Å²) in [5, 5.41) is 0. The average molecular weight is 1090 g/mol. The molecule has 454 valence electrons. The van der Waals surface area contributed by atoms with E-state index in [2.05, 4.69) is 81.5 Å². The van der Waals surface area contributed by atoms with Crippen LogP contribution in [-0.4, -0.2) is 37.2 Å². The third-order valence-electron chi connectivity index (χ3n) is 15.3. The Balaban J connectivity index is 4.34. The molecule has 1 atom stereocenters. The molecule has 0 fully saturated rings. The van der Waals surface area contributed by atoms with Gasteiger partial charge in [0.15, 0.2) is 6.10 Å². The minimum Gasteiger partial charge on any atom is -0.462 e. The third-order valence-corrected chi connectivity index (χ3v) is 15.3. The van der Waals surface area contributed by atoms with Gasteiger partial charge in [-0.2, -0.15) is 0 Å². The molecular formula is C72H130O6. The van der Waals surface area contributed by atoms with Crippen LogP contribution in [0.3, 0.4) is 0 Å². The quantitative estimate of drug-likeness (QED) is 0.0261. The smallest absolute Gasteiger partial charge is 0.306 e. The lowest BCUT2D eigenvalue weighted by atomic mass is 10.0. The molecule has 0 aromatic heterocycles. The molecule has 6 heteroatoms. The second-order valence-corrected chi connectivity index (χ2v) is 23.1. The van der Waals surface area contributed by atoms with E-state index in [1.165, 1.54) is 225 Å². The number of allylic oxidation sites excluding steroid dienone is 10. The van der Waals surface area contributed by atoms with Crippen LogP contribution in [-0.2, 0) is 28.6 Å². The number of hydrogen-bond acceptors (Lipinski definition) is 6. The fraction of sp³-hybridized carbons (Fsp3) is 0.819. The van der Waals surface area contributed by atoms with Crippen LogP contribution in [0.4, 0.5) is 0 Å². The molecule has 0 aliphatic rings. The lowest BCUT2D eigenvalue weighted by Gasteiger charge is -2.18. The predicted molar refractivity (Wildman–Crippen MR) is 339 cm³/mol. The molecule has 0 spiro atoms. The van der Waals surface area contributed by atoms with Crippen LogP contribution in [0.2, 0.25) is 0 Å². The van der Waals surface area contributed by atoms with Crippen LogP contribution < -0.4 is 0 Å². The molecule has 6 nitrogen and oxygen atoms in total. The van der Waals surface area contributed by atoms with Gasteiger partial charge in [-0.15, -0.1) is 0 Å². The summed E-state index contributed by atoms with van der Waals surface area (Å²) in [6.07, 6.45) is 85.2. The number of ether oxygens (including phenoxy) is 3. The summed E-state index contributed by atoms with van der Waals surface area (Å²) in [6, 6.07) is 0. The maximum absolute atomic E-state index is 12.9. The highest BCUT2D eigenvalue weighted by molar-refractivity contribution is 5.71. The van der Waals surface area contributed by atoms with Crippen LogP contribution in [0.5, 0.6) is 0 Å². The van der Waals surface area contributed by atoms with Crippen molar-refractivity contribution in [1.82, 2.24) is 0 Å². The van der Waals surface area contributed by atoms with Crippen molar-refractivity contribution in [3.05, 3.63) is 60.8 Å². The minimum atomic E-state index is -0.784. The molecule has 0 aliphatic heterocycles. The maximum atomic E-state index is 12.9. The first-order chi connectivity index (χ1) is 38.5. The van der Waals surface area contributed by atoms with Gasteiger partial charge < -0.3 is 14.2 Å². The fourth-order valence-electron chi connectivity index (χ4n) is 10.1. The molecule has 0 amide bonds. The molecule has 0 rings (SSSR count). The Kier molecular flexibility index (Phi) is 64.2. The van der Waals surface area contributed by atoms with Gasteiger partial charge in [-0.05, 0) is 83.5 Å². The number of hydrogen-bond donors (Lipinski definition) is 0. The summed E-state index contributed by atoms with van der Waals surface area (Å²) in [5.41, 5.74) is 0. The lowest BCUT2D eigenvalue weighted by molar-refractivity contribution is -0.167. The number of unbranched alkanes of at least 4 members (excludes halogenated alkanes) is 42. The van der Waals surface area contributed by atoms with Crippen LogP contribution in [0.25, 0.3) is 0 Å². The summed E-state index contributed by atoms with van der Waals surface area (Å²) in [7, 11) is 0. The van der Waals surface area contributed by atoms with Crippen LogP contribution in [0.1, 0.15) is 361 Å². The summed E-state index contributed by atoms with van der Waals surface area (Å²) >= 11 is 0. The Morgan fingerprint density at radius 2 is 0.500 bits per heavy atom. The molecule has 0 saturated carbocycles. The Labute approximate surface area is 485 Å². The van der Waals surface area contributed by atoms with Gasteiger partial charge >= 0.3 is 17.9 Å². The Hall–Kier alpha value is -2.89. The summed E-state index contributed by atoms with van der Waals surface area (Å²) in [5.74, 6) is -0.874. The molecule has 1 unspecified atom stereocenters. The molecule has 0 saturated heterocycles. The molecule has 78 heavy (non-hydrogen) atoms. The molecular weight excluding hydrogens is 961 g/mol. The molecule has 0 aromatic carbocycles. The zero-order valence-corrected chi connectivity index (χ0v) is 52.2. The second-order valence-electron chi connectivity index (χ2n) is 23.1. The number of rotatable bonds is 63. The zero-order valence-electron chi connectivity index (χ0n) is 52.2. The van der Waals surface area contributed by atoms with Gasteiger partial charge in [0, 0.05) is 19.3 Å². The Morgan fingerprint density at radius 1 is 0.269 bits per heavy atom. The van der Waals surface area contributed by atoms with Crippen LogP contribution >= 0.6 is 0 Å². The Bertz CT molecular complexity index is 1390. The number of esters is 3. The molecule has 0 aliphatic carbocycles. The lowest BCUT2D eigenvalue weighted by Crippen LogP contribution is -2.30. The topological polar surface area (TPSA) is 78.9 Å². The fourth-order valence-corrected chi connectivity index (χ4v) is 10.1. The van der Waals surface area contributed by atoms with E-state index in [1.54, 1.807) is 0 Å². The summed E-state index contributed by atoms with van der Waals surface area (Å²) < 4.78 is 17.0. The summed E-state index contributed by atoms with van der Waals surface area (Å²) in [6.45, 7) is 6.57. The first kappa shape index (κ1) is 75.1. The maximum Gasteiger partial charge on any atom is 0.306 e. The van der Waals surface area contributed by atoms with Crippen molar-refractivity contribution < 1.29 is 28.6 Å². The van der Waals surface area contributed by atoms with Gasteiger partial charge in [-0.25, -0.2) is 0 Å². The molecule has 0 aromatic rings. The molecule has 0 N–H and O–H groups in total. The van der Waals surface area contributed by atoms with E-state index in [0.717, 1.165) is 96.3 Å². The van der Waals surface area contributed by atoms with E-state index in [4.69, 9.17) is 14.2 Å². The highest BCUT2D eigenvalue weighted by Gasteiger charge is 2.19. The van der Waals surface area contributed by atoms with Gasteiger partial charge in [-0.1, -0.05) is 319 Å². The van der Waals surface area contributed by atoms with Crippen molar-refractivity contribution in [1.29, 1.82) is 0 Å². The second kappa shape index (κ2) is 66.6. The molecule has 0 heterocycles. The van der Waals surface area contributed by atoms with E-state index in [1.807, 2.05) is 0 Å². The van der Waals surface area contributed by atoms with Gasteiger partial charge in [0.1, 0.15) is 13.2 Å². The number of carbonyl (C=O) groups is 3. The van der Waals surface area contributed by atoms with Gasteiger partial charge in [0.25, 0.3) is 0 Å².